The van der Waals surface area contributed by atoms with E-state index in [-0.39, 0.29) is 0 Å². The van der Waals surface area contributed by atoms with Crippen molar-refractivity contribution < 1.29 is 57.5 Å². The maximum Gasteiger partial charge on any atom is 0.385 e. The first-order valence-electron chi connectivity index (χ1n) is 4.74. The van der Waals surface area contributed by atoms with Gasteiger partial charge in [0.15, 0.2) is 6.29 Å². The van der Waals surface area contributed by atoms with Gasteiger partial charge in [-0.25, -0.2) is 0 Å². The molecule has 0 aromatic rings. The van der Waals surface area contributed by atoms with Gasteiger partial charge in [-0.1, -0.05) is 6.58 Å². The van der Waals surface area contributed by atoms with Crippen molar-refractivity contribution in [3.63, 3.8) is 0 Å². The number of hydrogen-bond acceptors (Lipinski definition) is 1. The molecule has 0 rings (SSSR count). The van der Waals surface area contributed by atoms with Gasteiger partial charge in [0.2, 0.25) is 0 Å². The summed E-state index contributed by atoms with van der Waals surface area (Å²) < 4.78 is 152. The van der Waals surface area contributed by atoms with Crippen molar-refractivity contribution in [3.05, 3.63) is 12.7 Å². The van der Waals surface area contributed by atoms with E-state index < -0.39 is 47.9 Å². The van der Waals surface area contributed by atoms with Crippen LogP contribution >= 0.6 is 0 Å². The molecule has 22 heavy (non-hydrogen) atoms. The number of allylic oxidation sites excluding steroid dienone is 1. The van der Waals surface area contributed by atoms with Gasteiger partial charge in [0.05, 0.1) is 0 Å². The molecular weight excluding hydrogens is 352 g/mol. The number of alkyl halides is 12. The molecule has 0 aromatic heterocycles. The third-order valence-corrected chi connectivity index (χ3v) is 2.42. The van der Waals surface area contributed by atoms with Crippen molar-refractivity contribution in [2.24, 2.45) is 0 Å². The molecule has 1 nitrogen and oxygen atoms in total. The Labute approximate surface area is 113 Å². The van der Waals surface area contributed by atoms with Gasteiger partial charge in [-0.15, -0.1) is 0 Å². The lowest BCUT2D eigenvalue weighted by Gasteiger charge is -2.39. The number of rotatable bonds is 7. The van der Waals surface area contributed by atoms with E-state index >= 15 is 0 Å². The SMILES string of the molecule is C=CC(F)(F)C(F)(F)C(F)(F)C(F)(F)C(F)(F)C(F)(F)C=O. The second-order valence-electron chi connectivity index (χ2n) is 3.87. The van der Waals surface area contributed by atoms with Crippen LogP contribution in [0.15, 0.2) is 12.7 Å². The number of hydrogen-bond donors (Lipinski definition) is 0. The molecule has 0 atom stereocenters. The molecule has 13 heteroatoms. The minimum atomic E-state index is -7.71. The monoisotopic (exact) mass is 356 g/mol. The van der Waals surface area contributed by atoms with Gasteiger partial charge in [0.25, 0.3) is 0 Å². The zero-order chi connectivity index (χ0) is 18.4. The highest BCUT2D eigenvalue weighted by Gasteiger charge is 2.89. The Kier molecular flexibility index (Phi) is 4.72. The maximum absolute atomic E-state index is 12.9. The van der Waals surface area contributed by atoms with Crippen molar-refractivity contribution in [2.45, 2.75) is 35.5 Å². The van der Waals surface area contributed by atoms with Gasteiger partial charge >= 0.3 is 35.5 Å². The van der Waals surface area contributed by atoms with Crippen LogP contribution in [0.5, 0.6) is 0 Å². The van der Waals surface area contributed by atoms with Crippen LogP contribution in [-0.4, -0.2) is 41.8 Å². The highest BCUT2D eigenvalue weighted by atomic mass is 19.4. The highest BCUT2D eigenvalue weighted by Crippen LogP contribution is 2.59. The fourth-order valence-corrected chi connectivity index (χ4v) is 1.02. The lowest BCUT2D eigenvalue weighted by molar-refractivity contribution is -0.414. The molecule has 0 N–H and O–H groups in total. The fraction of sp³-hybridized carbons (Fsp3) is 0.667. The Bertz CT molecular complexity index is 410. The topological polar surface area (TPSA) is 17.1 Å². The summed E-state index contributed by atoms with van der Waals surface area (Å²) in [6, 6.07) is 0. The Hall–Kier alpha value is -1.43. The van der Waals surface area contributed by atoms with Crippen LogP contribution in [0.2, 0.25) is 0 Å². The molecule has 0 radical (unpaired) electrons. The van der Waals surface area contributed by atoms with Gasteiger partial charge in [0, 0.05) is 0 Å². The van der Waals surface area contributed by atoms with Crippen molar-refractivity contribution in [1.29, 1.82) is 0 Å². The highest BCUT2D eigenvalue weighted by molar-refractivity contribution is 5.62. The number of halogens is 12. The van der Waals surface area contributed by atoms with Crippen molar-refractivity contribution in [3.8, 4) is 0 Å². The lowest BCUT2D eigenvalue weighted by atomic mass is 9.92. The third kappa shape index (κ3) is 2.33. The molecular formula is C9H4F12O. The van der Waals surface area contributed by atoms with E-state index in [0.29, 0.717) is 0 Å². The molecule has 0 saturated carbocycles. The van der Waals surface area contributed by atoms with Crippen LogP contribution in [0.1, 0.15) is 0 Å². The molecule has 0 aliphatic rings. The second kappa shape index (κ2) is 5.05. The Balaban J connectivity index is 6.30. The van der Waals surface area contributed by atoms with E-state index in [1.54, 1.807) is 0 Å². The summed E-state index contributed by atoms with van der Waals surface area (Å²) in [6.07, 6.45) is -3.46. The quantitative estimate of drug-likeness (QED) is 0.380. The summed E-state index contributed by atoms with van der Waals surface area (Å²) in [5, 5.41) is 0. The van der Waals surface area contributed by atoms with Crippen LogP contribution in [0.3, 0.4) is 0 Å². The summed E-state index contributed by atoms with van der Waals surface area (Å²) >= 11 is 0. The average Bonchev–Trinajstić information content (AvgIpc) is 2.37. The minimum Gasteiger partial charge on any atom is -0.296 e. The first kappa shape index (κ1) is 20.6. The van der Waals surface area contributed by atoms with E-state index in [2.05, 4.69) is 0 Å². The summed E-state index contributed by atoms with van der Waals surface area (Å²) in [4.78, 5) is 9.59. The Morgan fingerprint density at radius 2 is 0.818 bits per heavy atom. The molecule has 0 saturated heterocycles. The second-order valence-corrected chi connectivity index (χ2v) is 3.87. The number of aldehydes is 1. The standard InChI is InChI=1S/C9H4F12O/c1-2-4(10,11)6(14,15)8(18,19)9(20,21)7(16,17)5(12,13)3-22/h2-3H,1H2. The van der Waals surface area contributed by atoms with Crippen molar-refractivity contribution in [1.82, 2.24) is 0 Å². The van der Waals surface area contributed by atoms with Gasteiger partial charge < -0.3 is 0 Å². The van der Waals surface area contributed by atoms with E-state index in [1.807, 2.05) is 6.58 Å². The van der Waals surface area contributed by atoms with Crippen molar-refractivity contribution in [2.75, 3.05) is 0 Å². The van der Waals surface area contributed by atoms with Gasteiger partial charge in [-0.05, 0) is 6.08 Å². The molecule has 0 fully saturated rings. The zero-order valence-corrected chi connectivity index (χ0v) is 9.81. The first-order valence-corrected chi connectivity index (χ1v) is 4.74. The van der Waals surface area contributed by atoms with Gasteiger partial charge in [0.1, 0.15) is 0 Å². The summed E-state index contributed by atoms with van der Waals surface area (Å²) in [5.41, 5.74) is 0. The lowest BCUT2D eigenvalue weighted by Crippen LogP contribution is -2.70. The minimum absolute atomic E-state index is 1.26. The smallest absolute Gasteiger partial charge is 0.296 e. The average molecular weight is 356 g/mol. The fourth-order valence-electron chi connectivity index (χ4n) is 1.02. The van der Waals surface area contributed by atoms with Crippen molar-refractivity contribution >= 4 is 6.29 Å². The van der Waals surface area contributed by atoms with Crippen LogP contribution in [0.4, 0.5) is 52.7 Å². The van der Waals surface area contributed by atoms with Gasteiger partial charge in [-0.2, -0.15) is 52.7 Å². The first-order chi connectivity index (χ1) is 9.37. The molecule has 0 bridgehead atoms. The van der Waals surface area contributed by atoms with Crippen LogP contribution in [0.25, 0.3) is 0 Å². The number of carbonyl (C=O) groups excluding carboxylic acids is 1. The maximum atomic E-state index is 12.9. The largest absolute Gasteiger partial charge is 0.385 e. The van der Waals surface area contributed by atoms with E-state index in [1.165, 1.54) is 0 Å². The van der Waals surface area contributed by atoms with E-state index in [9.17, 15) is 57.5 Å². The van der Waals surface area contributed by atoms with Crippen LogP contribution < -0.4 is 0 Å². The molecule has 0 aliphatic heterocycles. The summed E-state index contributed by atoms with van der Waals surface area (Å²) in [6.45, 7) is 1.92. The van der Waals surface area contributed by atoms with Crippen LogP contribution in [0, 0.1) is 0 Å². The third-order valence-electron chi connectivity index (χ3n) is 2.42. The van der Waals surface area contributed by atoms with E-state index in [4.69, 9.17) is 0 Å². The Morgan fingerprint density at radius 1 is 0.545 bits per heavy atom. The zero-order valence-electron chi connectivity index (χ0n) is 9.81. The summed E-state index contributed by atoms with van der Waals surface area (Å²) in [5.74, 6) is -42.6. The predicted molar refractivity (Wildman–Crippen MR) is 45.9 cm³/mol. The van der Waals surface area contributed by atoms with E-state index in [0.717, 1.165) is 0 Å². The molecule has 0 amide bonds. The Morgan fingerprint density at radius 3 is 1.05 bits per heavy atom. The number of carbonyl (C=O) groups is 1. The molecule has 0 aromatic carbocycles. The predicted octanol–water partition coefficient (Wildman–Crippen LogP) is 4.18. The molecule has 0 heterocycles. The van der Waals surface area contributed by atoms with Gasteiger partial charge in [-0.3, -0.25) is 4.79 Å². The van der Waals surface area contributed by atoms with Crippen LogP contribution in [-0.2, 0) is 4.79 Å². The molecule has 130 valence electrons. The molecule has 0 unspecified atom stereocenters. The normalized spacial score (nSPS) is 15.6. The summed E-state index contributed by atoms with van der Waals surface area (Å²) in [7, 11) is 0. The molecule has 0 aliphatic carbocycles. The molecule has 0 spiro atoms.